The number of rotatable bonds is 3. The SMILES string of the molecule is O=C(c1nc(-c2cccs2)n(-c2cccc(F)c2)n1)N1C[C@@H]2CCCC[C@H]2C1. The fraction of sp³-hybridized carbons (Fsp3) is 0.381. The van der Waals surface area contributed by atoms with Crippen LogP contribution in [0.3, 0.4) is 0 Å². The van der Waals surface area contributed by atoms with Gasteiger partial charge in [-0.15, -0.1) is 16.4 Å². The van der Waals surface area contributed by atoms with Gasteiger partial charge in [-0.3, -0.25) is 4.79 Å². The summed E-state index contributed by atoms with van der Waals surface area (Å²) in [5.41, 5.74) is 0.560. The first kappa shape index (κ1) is 17.6. The molecule has 2 aliphatic rings. The lowest BCUT2D eigenvalue weighted by atomic mass is 9.82. The Morgan fingerprint density at radius 3 is 2.57 bits per heavy atom. The van der Waals surface area contributed by atoms with E-state index in [0.717, 1.165) is 18.0 Å². The number of carbonyl (C=O) groups excluding carboxylic acids is 1. The minimum absolute atomic E-state index is 0.123. The van der Waals surface area contributed by atoms with E-state index in [0.29, 0.717) is 23.3 Å². The summed E-state index contributed by atoms with van der Waals surface area (Å²) >= 11 is 1.52. The Hall–Kier alpha value is -2.54. The van der Waals surface area contributed by atoms with Crippen molar-refractivity contribution in [1.29, 1.82) is 0 Å². The van der Waals surface area contributed by atoms with Gasteiger partial charge in [-0.1, -0.05) is 25.0 Å². The van der Waals surface area contributed by atoms with Crippen LogP contribution in [0.1, 0.15) is 36.3 Å². The van der Waals surface area contributed by atoms with Gasteiger partial charge in [-0.25, -0.2) is 14.1 Å². The molecule has 1 saturated carbocycles. The number of thiophene rings is 1. The zero-order valence-electron chi connectivity index (χ0n) is 15.4. The Kier molecular flexibility index (Phi) is 4.47. The molecule has 0 spiro atoms. The van der Waals surface area contributed by atoms with E-state index in [9.17, 15) is 9.18 Å². The van der Waals surface area contributed by atoms with Crippen LogP contribution >= 0.6 is 11.3 Å². The maximum absolute atomic E-state index is 13.8. The van der Waals surface area contributed by atoms with Gasteiger partial charge in [0, 0.05) is 13.1 Å². The van der Waals surface area contributed by atoms with E-state index in [1.54, 1.807) is 16.8 Å². The number of hydrogen-bond donors (Lipinski definition) is 0. The van der Waals surface area contributed by atoms with Crippen LogP contribution in [0.5, 0.6) is 0 Å². The summed E-state index contributed by atoms with van der Waals surface area (Å²) in [5, 5.41) is 6.44. The van der Waals surface area contributed by atoms with E-state index in [1.165, 1.54) is 49.2 Å². The smallest absolute Gasteiger partial charge is 0.293 e. The molecule has 0 radical (unpaired) electrons. The van der Waals surface area contributed by atoms with Crippen LogP contribution in [-0.2, 0) is 0 Å². The van der Waals surface area contributed by atoms with Crippen molar-refractivity contribution in [1.82, 2.24) is 19.7 Å². The number of carbonyl (C=O) groups is 1. The van der Waals surface area contributed by atoms with Crippen molar-refractivity contribution in [3.05, 3.63) is 53.4 Å². The Bertz CT molecular complexity index is 986. The lowest BCUT2D eigenvalue weighted by molar-refractivity contribution is 0.0772. The fourth-order valence-electron chi connectivity index (χ4n) is 4.47. The quantitative estimate of drug-likeness (QED) is 0.659. The van der Waals surface area contributed by atoms with Crippen molar-refractivity contribution in [2.24, 2.45) is 11.8 Å². The molecule has 1 amide bonds. The highest BCUT2D eigenvalue weighted by Crippen LogP contribution is 2.36. The minimum Gasteiger partial charge on any atom is -0.335 e. The molecule has 2 fully saturated rings. The second-order valence-corrected chi connectivity index (χ2v) is 8.59. The number of aromatic nitrogens is 3. The molecule has 0 N–H and O–H groups in total. The van der Waals surface area contributed by atoms with Crippen LogP contribution in [0, 0.1) is 17.7 Å². The second-order valence-electron chi connectivity index (χ2n) is 7.64. The second kappa shape index (κ2) is 7.13. The van der Waals surface area contributed by atoms with E-state index in [-0.39, 0.29) is 17.5 Å². The molecule has 1 aliphatic carbocycles. The molecule has 28 heavy (non-hydrogen) atoms. The number of hydrogen-bond acceptors (Lipinski definition) is 4. The van der Waals surface area contributed by atoms with Gasteiger partial charge in [0.15, 0.2) is 5.82 Å². The summed E-state index contributed by atoms with van der Waals surface area (Å²) in [6.07, 6.45) is 4.94. The number of fused-ring (bicyclic) bond motifs is 1. The highest BCUT2D eigenvalue weighted by molar-refractivity contribution is 7.13. The van der Waals surface area contributed by atoms with Gasteiger partial charge in [-0.2, -0.15) is 0 Å². The van der Waals surface area contributed by atoms with E-state index in [1.807, 2.05) is 22.4 Å². The van der Waals surface area contributed by atoms with Crippen LogP contribution in [0.15, 0.2) is 41.8 Å². The van der Waals surface area contributed by atoms with Crippen molar-refractivity contribution >= 4 is 17.2 Å². The van der Waals surface area contributed by atoms with Crippen LogP contribution in [0.4, 0.5) is 4.39 Å². The van der Waals surface area contributed by atoms with Crippen molar-refractivity contribution in [2.45, 2.75) is 25.7 Å². The number of benzene rings is 1. The van der Waals surface area contributed by atoms with E-state index < -0.39 is 0 Å². The number of halogens is 1. The van der Waals surface area contributed by atoms with E-state index >= 15 is 0 Å². The van der Waals surface area contributed by atoms with Gasteiger partial charge in [-0.05, 0) is 54.3 Å². The molecule has 3 heterocycles. The molecule has 2 aromatic heterocycles. The fourth-order valence-corrected chi connectivity index (χ4v) is 5.17. The largest absolute Gasteiger partial charge is 0.335 e. The maximum Gasteiger partial charge on any atom is 0.293 e. The van der Waals surface area contributed by atoms with Crippen molar-refractivity contribution in [3.63, 3.8) is 0 Å². The Balaban J connectivity index is 1.50. The molecule has 0 unspecified atom stereocenters. The first-order chi connectivity index (χ1) is 13.7. The highest BCUT2D eigenvalue weighted by atomic mass is 32.1. The molecule has 3 aromatic rings. The number of amides is 1. The Labute approximate surface area is 166 Å². The van der Waals surface area contributed by atoms with Gasteiger partial charge in [0.05, 0.1) is 10.6 Å². The average Bonchev–Trinajstić information content (AvgIpc) is 3.45. The number of nitrogens with zero attached hydrogens (tertiary/aromatic N) is 4. The summed E-state index contributed by atoms with van der Waals surface area (Å²) in [6, 6.07) is 10.1. The third kappa shape index (κ3) is 3.13. The van der Waals surface area contributed by atoms with Gasteiger partial charge in [0.2, 0.25) is 5.82 Å². The van der Waals surface area contributed by atoms with Gasteiger partial charge >= 0.3 is 0 Å². The minimum atomic E-state index is -0.346. The summed E-state index contributed by atoms with van der Waals surface area (Å²) in [4.78, 5) is 20.5. The van der Waals surface area contributed by atoms with E-state index in [4.69, 9.17) is 0 Å². The summed E-state index contributed by atoms with van der Waals surface area (Å²) in [6.45, 7) is 1.60. The molecule has 1 saturated heterocycles. The van der Waals surface area contributed by atoms with E-state index in [2.05, 4.69) is 10.1 Å². The van der Waals surface area contributed by atoms with Crippen LogP contribution < -0.4 is 0 Å². The zero-order chi connectivity index (χ0) is 19.1. The topological polar surface area (TPSA) is 51.0 Å². The predicted octanol–water partition coefficient (Wildman–Crippen LogP) is 4.40. The Morgan fingerprint density at radius 1 is 1.11 bits per heavy atom. The molecule has 7 heteroatoms. The molecule has 1 aliphatic heterocycles. The zero-order valence-corrected chi connectivity index (χ0v) is 16.2. The molecule has 5 rings (SSSR count). The molecular formula is C21H21FN4OS. The van der Waals surface area contributed by atoms with Crippen molar-refractivity contribution in [2.75, 3.05) is 13.1 Å². The third-order valence-electron chi connectivity index (χ3n) is 5.86. The van der Waals surface area contributed by atoms with Gasteiger partial charge in [0.25, 0.3) is 5.91 Å². The summed E-state index contributed by atoms with van der Waals surface area (Å²) in [7, 11) is 0. The average molecular weight is 396 g/mol. The van der Waals surface area contributed by atoms with Gasteiger partial charge < -0.3 is 4.90 Å². The maximum atomic E-state index is 13.8. The predicted molar refractivity (Wildman–Crippen MR) is 106 cm³/mol. The summed E-state index contributed by atoms with van der Waals surface area (Å²) in [5.74, 6) is 1.51. The molecular weight excluding hydrogens is 375 g/mol. The third-order valence-corrected chi connectivity index (χ3v) is 6.72. The lowest BCUT2D eigenvalue weighted by Gasteiger charge is -2.22. The molecule has 0 bridgehead atoms. The lowest BCUT2D eigenvalue weighted by Crippen LogP contribution is -2.30. The first-order valence-electron chi connectivity index (χ1n) is 9.75. The Morgan fingerprint density at radius 2 is 1.89 bits per heavy atom. The molecule has 144 valence electrons. The highest BCUT2D eigenvalue weighted by Gasteiger charge is 2.38. The van der Waals surface area contributed by atoms with Crippen LogP contribution in [-0.4, -0.2) is 38.7 Å². The van der Waals surface area contributed by atoms with Crippen molar-refractivity contribution in [3.8, 4) is 16.4 Å². The molecule has 5 nitrogen and oxygen atoms in total. The van der Waals surface area contributed by atoms with Crippen LogP contribution in [0.25, 0.3) is 16.4 Å². The van der Waals surface area contributed by atoms with Gasteiger partial charge in [0.1, 0.15) is 5.82 Å². The molecule has 1 aromatic carbocycles. The number of likely N-dealkylation sites (tertiary alicyclic amines) is 1. The summed E-state index contributed by atoms with van der Waals surface area (Å²) < 4.78 is 15.3. The van der Waals surface area contributed by atoms with Crippen molar-refractivity contribution < 1.29 is 9.18 Å². The monoisotopic (exact) mass is 396 g/mol. The normalized spacial score (nSPS) is 21.7. The standard InChI is InChI=1S/C21H21FN4OS/c22-16-7-3-8-17(11-16)26-20(18-9-4-10-28-18)23-19(24-26)21(27)25-12-14-5-1-2-6-15(14)13-25/h3-4,7-11,14-15H,1-2,5-6,12-13H2/t14-,15-/m0/s1. The van der Waals surface area contributed by atoms with Crippen LogP contribution in [0.2, 0.25) is 0 Å². The first-order valence-corrected chi connectivity index (χ1v) is 10.6. The molecule has 2 atom stereocenters.